The molecule has 0 radical (unpaired) electrons. The first kappa shape index (κ1) is 15.9. The topological polar surface area (TPSA) is 85.5 Å². The second kappa shape index (κ2) is 6.64. The van der Waals surface area contributed by atoms with Gasteiger partial charge in [-0.1, -0.05) is 5.16 Å². The molecular weight excluding hydrogens is 306 g/mol. The highest BCUT2D eigenvalue weighted by Gasteiger charge is 2.30. The van der Waals surface area contributed by atoms with E-state index in [0.29, 0.717) is 37.8 Å². The predicted octanol–water partition coefficient (Wildman–Crippen LogP) is 1.18. The summed E-state index contributed by atoms with van der Waals surface area (Å²) in [6.45, 7) is 2.44. The van der Waals surface area contributed by atoms with Crippen LogP contribution in [0.5, 0.6) is 0 Å². The van der Waals surface area contributed by atoms with Crippen molar-refractivity contribution in [1.82, 2.24) is 14.4 Å². The van der Waals surface area contributed by atoms with Crippen molar-refractivity contribution in [2.24, 2.45) is 5.92 Å². The Bertz CT molecular complexity index is 597. The molecule has 3 rings (SSSR count). The van der Waals surface area contributed by atoms with Gasteiger partial charge in [0.15, 0.2) is 5.82 Å². The lowest BCUT2D eigenvalue weighted by atomic mass is 10.00. The average Bonchev–Trinajstić information content (AvgIpc) is 3.19. The van der Waals surface area contributed by atoms with Crippen molar-refractivity contribution in [2.75, 3.05) is 32.6 Å². The van der Waals surface area contributed by atoms with E-state index in [-0.39, 0.29) is 5.92 Å². The van der Waals surface area contributed by atoms with Crippen LogP contribution < -0.4 is 0 Å². The van der Waals surface area contributed by atoms with Crippen LogP contribution in [0, 0.1) is 5.92 Å². The summed E-state index contributed by atoms with van der Waals surface area (Å²) in [6.07, 6.45) is 6.14. The quantitative estimate of drug-likeness (QED) is 0.698. The molecule has 124 valence electrons. The van der Waals surface area contributed by atoms with Crippen molar-refractivity contribution >= 4 is 10.0 Å². The molecule has 0 aromatic carbocycles. The summed E-state index contributed by atoms with van der Waals surface area (Å²) in [5.41, 5.74) is 0. The molecule has 1 unspecified atom stereocenters. The lowest BCUT2D eigenvalue weighted by Crippen LogP contribution is -2.38. The third-order valence-corrected chi connectivity index (χ3v) is 5.48. The zero-order chi connectivity index (χ0) is 15.6. The Morgan fingerprint density at radius 2 is 2.18 bits per heavy atom. The van der Waals surface area contributed by atoms with Gasteiger partial charge in [0.25, 0.3) is 0 Å². The van der Waals surface area contributed by atoms with Crippen molar-refractivity contribution in [2.45, 2.75) is 38.0 Å². The minimum absolute atomic E-state index is 0.00268. The molecule has 1 aliphatic carbocycles. The van der Waals surface area contributed by atoms with E-state index in [4.69, 9.17) is 9.26 Å². The summed E-state index contributed by atoms with van der Waals surface area (Å²) in [5.74, 6) is 1.94. The van der Waals surface area contributed by atoms with Crippen LogP contribution in [0.3, 0.4) is 0 Å². The van der Waals surface area contributed by atoms with Crippen LogP contribution in [0.2, 0.25) is 0 Å². The first-order chi connectivity index (χ1) is 10.5. The molecule has 1 saturated carbocycles. The Labute approximate surface area is 131 Å². The molecule has 0 amide bonds. The zero-order valence-corrected chi connectivity index (χ0v) is 13.7. The standard InChI is InChI=1S/C14H23N3O4S/c1-22(18,19)17-7-2-3-12(9-17)14-15-13(16-21-14)6-8-20-10-11-4-5-11/h11-12H,2-10H2,1H3. The number of nitrogens with zero attached hydrogens (tertiary/aromatic N) is 3. The van der Waals surface area contributed by atoms with Gasteiger partial charge in [0.1, 0.15) is 0 Å². The smallest absolute Gasteiger partial charge is 0.231 e. The SMILES string of the molecule is CS(=O)(=O)N1CCCC(c2nc(CCOCC3CC3)no2)C1. The van der Waals surface area contributed by atoms with Gasteiger partial charge in [-0.15, -0.1) is 0 Å². The monoisotopic (exact) mass is 329 g/mol. The van der Waals surface area contributed by atoms with E-state index in [9.17, 15) is 8.42 Å². The Morgan fingerprint density at radius 3 is 2.91 bits per heavy atom. The van der Waals surface area contributed by atoms with E-state index >= 15 is 0 Å². The van der Waals surface area contributed by atoms with Crippen LogP contribution in [0.25, 0.3) is 0 Å². The molecule has 1 aliphatic heterocycles. The van der Waals surface area contributed by atoms with Gasteiger partial charge in [0, 0.05) is 26.1 Å². The molecule has 2 fully saturated rings. The fourth-order valence-electron chi connectivity index (χ4n) is 2.68. The van der Waals surface area contributed by atoms with Crippen molar-refractivity contribution in [3.05, 3.63) is 11.7 Å². The normalized spacial score (nSPS) is 23.8. The second-order valence-corrected chi connectivity index (χ2v) is 8.26. The Balaban J connectivity index is 1.51. The second-order valence-electron chi connectivity index (χ2n) is 6.28. The van der Waals surface area contributed by atoms with Crippen LogP contribution in [0.15, 0.2) is 4.52 Å². The number of rotatable bonds is 7. The first-order valence-corrected chi connectivity index (χ1v) is 9.72. The molecule has 2 heterocycles. The van der Waals surface area contributed by atoms with Gasteiger partial charge >= 0.3 is 0 Å². The molecule has 1 aromatic rings. The van der Waals surface area contributed by atoms with Gasteiger partial charge < -0.3 is 9.26 Å². The third-order valence-electron chi connectivity index (χ3n) is 4.21. The molecule has 8 heteroatoms. The number of piperidine rings is 1. The van der Waals surface area contributed by atoms with E-state index in [1.807, 2.05) is 0 Å². The molecule has 1 saturated heterocycles. The predicted molar refractivity (Wildman–Crippen MR) is 79.9 cm³/mol. The molecule has 2 aliphatic rings. The van der Waals surface area contributed by atoms with Crippen molar-refractivity contribution in [3.8, 4) is 0 Å². The maximum Gasteiger partial charge on any atom is 0.231 e. The van der Waals surface area contributed by atoms with Crippen molar-refractivity contribution in [1.29, 1.82) is 0 Å². The molecule has 0 spiro atoms. The fraction of sp³-hybridized carbons (Fsp3) is 0.857. The molecule has 1 aromatic heterocycles. The molecule has 0 bridgehead atoms. The zero-order valence-electron chi connectivity index (χ0n) is 12.9. The summed E-state index contributed by atoms with van der Waals surface area (Å²) >= 11 is 0. The van der Waals surface area contributed by atoms with Crippen molar-refractivity contribution < 1.29 is 17.7 Å². The molecular formula is C14H23N3O4S. The van der Waals surface area contributed by atoms with Crippen LogP contribution >= 0.6 is 0 Å². The Hall–Kier alpha value is -0.990. The Morgan fingerprint density at radius 1 is 1.36 bits per heavy atom. The van der Waals surface area contributed by atoms with Crippen LogP contribution in [-0.2, 0) is 21.2 Å². The van der Waals surface area contributed by atoms with Crippen LogP contribution in [-0.4, -0.2) is 55.4 Å². The van der Waals surface area contributed by atoms with Gasteiger partial charge in [0.05, 0.1) is 18.8 Å². The summed E-state index contributed by atoms with van der Waals surface area (Å²) in [5, 5.41) is 3.98. The highest BCUT2D eigenvalue weighted by atomic mass is 32.2. The largest absolute Gasteiger partial charge is 0.381 e. The molecule has 1 atom stereocenters. The third kappa shape index (κ3) is 4.27. The summed E-state index contributed by atoms with van der Waals surface area (Å²) < 4.78 is 35.7. The molecule has 7 nitrogen and oxygen atoms in total. The van der Waals surface area contributed by atoms with E-state index in [2.05, 4.69) is 10.1 Å². The van der Waals surface area contributed by atoms with Crippen molar-refractivity contribution in [3.63, 3.8) is 0 Å². The van der Waals surface area contributed by atoms with E-state index in [0.717, 1.165) is 25.4 Å². The van der Waals surface area contributed by atoms with Crippen LogP contribution in [0.1, 0.15) is 43.3 Å². The first-order valence-electron chi connectivity index (χ1n) is 7.87. The highest BCUT2D eigenvalue weighted by Crippen LogP contribution is 2.29. The minimum atomic E-state index is -3.16. The maximum absolute atomic E-state index is 11.6. The van der Waals surface area contributed by atoms with E-state index < -0.39 is 10.0 Å². The average molecular weight is 329 g/mol. The maximum atomic E-state index is 11.6. The number of hydrogen-bond donors (Lipinski definition) is 0. The highest BCUT2D eigenvalue weighted by molar-refractivity contribution is 7.88. The number of hydrogen-bond acceptors (Lipinski definition) is 6. The fourth-order valence-corrected chi connectivity index (χ4v) is 3.59. The van der Waals surface area contributed by atoms with E-state index in [1.54, 1.807) is 0 Å². The summed E-state index contributed by atoms with van der Waals surface area (Å²) in [4.78, 5) is 4.40. The number of aromatic nitrogens is 2. The minimum Gasteiger partial charge on any atom is -0.381 e. The summed E-state index contributed by atoms with van der Waals surface area (Å²) in [7, 11) is -3.16. The lowest BCUT2D eigenvalue weighted by molar-refractivity contribution is 0.125. The molecule has 0 N–H and O–H groups in total. The Kier molecular flexibility index (Phi) is 4.79. The van der Waals surface area contributed by atoms with Gasteiger partial charge in [-0.25, -0.2) is 12.7 Å². The van der Waals surface area contributed by atoms with Gasteiger partial charge in [-0.05, 0) is 31.6 Å². The van der Waals surface area contributed by atoms with E-state index in [1.165, 1.54) is 23.4 Å². The van der Waals surface area contributed by atoms with Gasteiger partial charge in [-0.2, -0.15) is 4.98 Å². The number of ether oxygens (including phenoxy) is 1. The lowest BCUT2D eigenvalue weighted by Gasteiger charge is -2.28. The number of sulfonamides is 1. The van der Waals surface area contributed by atoms with Gasteiger partial charge in [-0.3, -0.25) is 0 Å². The van der Waals surface area contributed by atoms with Crippen LogP contribution in [0.4, 0.5) is 0 Å². The molecule has 22 heavy (non-hydrogen) atoms. The van der Waals surface area contributed by atoms with Gasteiger partial charge in [0.2, 0.25) is 15.9 Å². The summed E-state index contributed by atoms with van der Waals surface area (Å²) in [6, 6.07) is 0.